The Kier molecular flexibility index (Phi) is 6.11. The minimum Gasteiger partial charge on any atom is -0.444 e. The molecule has 23 heavy (non-hydrogen) atoms. The zero-order valence-electron chi connectivity index (χ0n) is 13.2. The fourth-order valence-corrected chi connectivity index (χ4v) is 1.56. The molecule has 0 radical (unpaired) electrons. The molecule has 0 spiro atoms. The Morgan fingerprint density at radius 2 is 2.13 bits per heavy atom. The largest absolute Gasteiger partial charge is 0.444 e. The van der Waals surface area contributed by atoms with Crippen LogP contribution in [0.1, 0.15) is 38.3 Å². The molecule has 1 rings (SSSR count). The van der Waals surface area contributed by atoms with E-state index in [0.29, 0.717) is 18.5 Å². The highest BCUT2D eigenvalue weighted by atomic mass is 16.6. The lowest BCUT2D eigenvalue weighted by Gasteiger charge is -2.19. The maximum atomic E-state index is 11.4. The number of hydrogen-bond donors (Lipinski definition) is 1. The molecule has 0 aliphatic carbocycles. The van der Waals surface area contributed by atoms with Crippen molar-refractivity contribution in [1.82, 2.24) is 5.32 Å². The van der Waals surface area contributed by atoms with Gasteiger partial charge in [-0.1, -0.05) is 11.8 Å². The van der Waals surface area contributed by atoms with Crippen LogP contribution in [0.4, 0.5) is 10.5 Å². The molecule has 0 aliphatic heterocycles. The number of amides is 1. The van der Waals surface area contributed by atoms with Gasteiger partial charge in [0.25, 0.3) is 5.69 Å². The number of nitro benzene ring substituents is 1. The van der Waals surface area contributed by atoms with Crippen LogP contribution in [0.3, 0.4) is 0 Å². The number of nitriles is 1. The summed E-state index contributed by atoms with van der Waals surface area (Å²) in [6.45, 7) is 5.61. The first kappa shape index (κ1) is 18.0. The van der Waals surface area contributed by atoms with Gasteiger partial charge in [0.2, 0.25) is 0 Å². The smallest absolute Gasteiger partial charge is 0.407 e. The topological polar surface area (TPSA) is 105 Å². The van der Waals surface area contributed by atoms with E-state index in [1.165, 1.54) is 12.1 Å². The highest BCUT2D eigenvalue weighted by molar-refractivity contribution is 5.67. The lowest BCUT2D eigenvalue weighted by molar-refractivity contribution is -0.385. The van der Waals surface area contributed by atoms with Gasteiger partial charge >= 0.3 is 6.09 Å². The third-order valence-corrected chi connectivity index (χ3v) is 2.47. The lowest BCUT2D eigenvalue weighted by Crippen LogP contribution is -2.32. The van der Waals surface area contributed by atoms with Crippen molar-refractivity contribution in [2.45, 2.75) is 32.8 Å². The van der Waals surface area contributed by atoms with Crippen molar-refractivity contribution in [3.05, 3.63) is 39.4 Å². The summed E-state index contributed by atoms with van der Waals surface area (Å²) in [5, 5.41) is 22.2. The standard InChI is InChI=1S/C16H17N3O4/c1-16(2,3)23-15(20)18-9-5-4-6-12-7-8-13(11-17)14(10-12)19(21)22/h7-8,10H,5,9H2,1-3H3,(H,18,20). The summed E-state index contributed by atoms with van der Waals surface area (Å²) in [5.74, 6) is 5.55. The SMILES string of the molecule is CC(C)(C)OC(=O)NCCC#Cc1ccc(C#N)c([N+](=O)[O-])c1. The summed E-state index contributed by atoms with van der Waals surface area (Å²) in [5.41, 5.74) is -0.400. The molecule has 7 heteroatoms. The summed E-state index contributed by atoms with van der Waals surface area (Å²) in [6, 6.07) is 5.92. The Morgan fingerprint density at radius 3 is 2.70 bits per heavy atom. The van der Waals surface area contributed by atoms with E-state index in [2.05, 4.69) is 17.2 Å². The lowest BCUT2D eigenvalue weighted by atomic mass is 10.1. The Balaban J connectivity index is 2.58. The van der Waals surface area contributed by atoms with Crippen molar-refractivity contribution in [2.75, 3.05) is 6.54 Å². The maximum Gasteiger partial charge on any atom is 0.407 e. The van der Waals surface area contributed by atoms with Gasteiger partial charge in [0, 0.05) is 24.6 Å². The second kappa shape index (κ2) is 7.81. The third-order valence-electron chi connectivity index (χ3n) is 2.47. The number of nitrogens with zero attached hydrogens (tertiary/aromatic N) is 2. The monoisotopic (exact) mass is 315 g/mol. The van der Waals surface area contributed by atoms with Crippen molar-refractivity contribution in [1.29, 1.82) is 5.26 Å². The number of carbonyl (C=O) groups excluding carboxylic acids is 1. The molecule has 0 aromatic heterocycles. The number of ether oxygens (including phenoxy) is 1. The van der Waals surface area contributed by atoms with Crippen LogP contribution in [0.15, 0.2) is 18.2 Å². The average Bonchev–Trinajstić information content (AvgIpc) is 2.44. The normalized spacial score (nSPS) is 10.0. The molecular formula is C16H17N3O4. The molecule has 1 aromatic rings. The summed E-state index contributed by atoms with van der Waals surface area (Å²) < 4.78 is 5.07. The summed E-state index contributed by atoms with van der Waals surface area (Å²) in [7, 11) is 0. The van der Waals surface area contributed by atoms with Gasteiger partial charge in [-0.3, -0.25) is 10.1 Å². The van der Waals surface area contributed by atoms with Crippen LogP contribution in [0.2, 0.25) is 0 Å². The van der Waals surface area contributed by atoms with Crippen LogP contribution in [0.25, 0.3) is 0 Å². The van der Waals surface area contributed by atoms with Gasteiger partial charge in [-0.2, -0.15) is 5.26 Å². The summed E-state index contributed by atoms with van der Waals surface area (Å²) >= 11 is 0. The summed E-state index contributed by atoms with van der Waals surface area (Å²) in [6.07, 6.45) is -0.152. The number of alkyl carbamates (subject to hydrolysis) is 1. The van der Waals surface area contributed by atoms with Crippen LogP contribution >= 0.6 is 0 Å². The predicted octanol–water partition coefficient (Wildman–Crippen LogP) is 2.73. The first-order chi connectivity index (χ1) is 10.7. The molecule has 0 saturated carbocycles. The van der Waals surface area contributed by atoms with Crippen molar-refractivity contribution >= 4 is 11.8 Å². The van der Waals surface area contributed by atoms with Crippen molar-refractivity contribution in [3.8, 4) is 17.9 Å². The number of carbonyl (C=O) groups is 1. The van der Waals surface area contributed by atoms with Gasteiger partial charge in [0.15, 0.2) is 0 Å². The average molecular weight is 315 g/mol. The van der Waals surface area contributed by atoms with Gasteiger partial charge in [0.1, 0.15) is 17.2 Å². The van der Waals surface area contributed by atoms with E-state index in [4.69, 9.17) is 10.00 Å². The Morgan fingerprint density at radius 1 is 1.43 bits per heavy atom. The van der Waals surface area contributed by atoms with Gasteiger partial charge in [-0.25, -0.2) is 4.79 Å². The van der Waals surface area contributed by atoms with Gasteiger partial charge in [-0.05, 0) is 32.9 Å². The van der Waals surface area contributed by atoms with Crippen LogP contribution in [-0.4, -0.2) is 23.2 Å². The molecular weight excluding hydrogens is 298 g/mol. The first-order valence-electron chi connectivity index (χ1n) is 6.87. The molecule has 1 aromatic carbocycles. The number of hydrogen-bond acceptors (Lipinski definition) is 5. The Hall–Kier alpha value is -3.06. The van der Waals surface area contributed by atoms with Crippen LogP contribution in [0.5, 0.6) is 0 Å². The molecule has 0 atom stereocenters. The van der Waals surface area contributed by atoms with E-state index in [-0.39, 0.29) is 11.3 Å². The highest BCUT2D eigenvalue weighted by Crippen LogP contribution is 2.18. The number of nitro groups is 1. The predicted molar refractivity (Wildman–Crippen MR) is 83.5 cm³/mol. The summed E-state index contributed by atoms with van der Waals surface area (Å²) in [4.78, 5) is 21.6. The van der Waals surface area contributed by atoms with Crippen molar-refractivity contribution in [3.63, 3.8) is 0 Å². The molecule has 0 heterocycles. The number of nitrogens with one attached hydrogen (secondary N) is 1. The van der Waals surface area contributed by atoms with E-state index in [1.54, 1.807) is 32.9 Å². The van der Waals surface area contributed by atoms with E-state index in [9.17, 15) is 14.9 Å². The molecule has 7 nitrogen and oxygen atoms in total. The molecule has 0 saturated heterocycles. The quantitative estimate of drug-likeness (QED) is 0.399. The molecule has 0 fully saturated rings. The fraction of sp³-hybridized carbons (Fsp3) is 0.375. The van der Waals surface area contributed by atoms with Crippen LogP contribution < -0.4 is 5.32 Å². The minimum absolute atomic E-state index is 0.00728. The minimum atomic E-state index is -0.617. The van der Waals surface area contributed by atoms with Gasteiger partial charge in [-0.15, -0.1) is 0 Å². The third kappa shape index (κ3) is 6.49. The van der Waals surface area contributed by atoms with Gasteiger partial charge < -0.3 is 10.1 Å². The van der Waals surface area contributed by atoms with E-state index < -0.39 is 16.6 Å². The maximum absolute atomic E-state index is 11.4. The second-order valence-corrected chi connectivity index (χ2v) is 5.58. The Labute approximate surface area is 134 Å². The zero-order chi connectivity index (χ0) is 17.5. The van der Waals surface area contributed by atoms with Crippen molar-refractivity contribution < 1.29 is 14.5 Å². The van der Waals surface area contributed by atoms with Crippen LogP contribution in [0, 0.1) is 33.3 Å². The van der Waals surface area contributed by atoms with Crippen LogP contribution in [-0.2, 0) is 4.74 Å². The molecule has 0 aliphatic rings. The molecule has 0 bridgehead atoms. The number of rotatable bonds is 3. The first-order valence-corrected chi connectivity index (χ1v) is 6.87. The zero-order valence-corrected chi connectivity index (χ0v) is 13.2. The number of benzene rings is 1. The Bertz CT molecular complexity index is 703. The van der Waals surface area contributed by atoms with E-state index >= 15 is 0 Å². The molecule has 1 N–H and O–H groups in total. The molecule has 120 valence electrons. The second-order valence-electron chi connectivity index (χ2n) is 5.58. The van der Waals surface area contributed by atoms with E-state index in [1.807, 2.05) is 0 Å². The van der Waals surface area contributed by atoms with Crippen molar-refractivity contribution in [2.24, 2.45) is 0 Å². The highest BCUT2D eigenvalue weighted by Gasteiger charge is 2.15. The molecule has 0 unspecified atom stereocenters. The van der Waals surface area contributed by atoms with E-state index in [0.717, 1.165) is 0 Å². The molecule has 1 amide bonds. The fourth-order valence-electron chi connectivity index (χ4n) is 1.56. The van der Waals surface area contributed by atoms with Gasteiger partial charge in [0.05, 0.1) is 4.92 Å².